The Bertz CT molecular complexity index is 563. The summed E-state index contributed by atoms with van der Waals surface area (Å²) in [6, 6.07) is 5.58. The number of para-hydroxylation sites is 1. The molecule has 0 N–H and O–H groups in total. The number of methoxy groups -OCH3 is 1. The maximum absolute atomic E-state index is 11.7. The Balaban J connectivity index is 2.18. The van der Waals surface area contributed by atoms with Gasteiger partial charge in [0.25, 0.3) is 0 Å². The molecule has 1 saturated carbocycles. The smallest absolute Gasteiger partial charge is 0.165 e. The van der Waals surface area contributed by atoms with Crippen LogP contribution in [0.3, 0.4) is 0 Å². The number of hydrogen-bond donors (Lipinski definition) is 0. The number of alkyl halides is 1. The highest BCUT2D eigenvalue weighted by Crippen LogP contribution is 2.36. The van der Waals surface area contributed by atoms with Gasteiger partial charge in [-0.2, -0.15) is 0 Å². The van der Waals surface area contributed by atoms with Gasteiger partial charge in [0.05, 0.1) is 18.2 Å². The second-order valence-electron chi connectivity index (χ2n) is 5.44. The Labute approximate surface area is 131 Å². The molecule has 1 aliphatic rings. The van der Waals surface area contributed by atoms with Gasteiger partial charge in [0, 0.05) is 18.2 Å². The second-order valence-corrected chi connectivity index (χ2v) is 8.03. The van der Waals surface area contributed by atoms with Gasteiger partial charge in [-0.05, 0) is 25.3 Å². The van der Waals surface area contributed by atoms with Gasteiger partial charge >= 0.3 is 0 Å². The van der Waals surface area contributed by atoms with Crippen LogP contribution in [-0.4, -0.2) is 33.1 Å². The van der Waals surface area contributed by atoms with Crippen molar-refractivity contribution in [3.8, 4) is 11.5 Å². The quantitative estimate of drug-likeness (QED) is 0.777. The lowest BCUT2D eigenvalue weighted by Crippen LogP contribution is -2.33. The molecule has 2 unspecified atom stereocenters. The SMILES string of the molecule is COc1cccc(CCl)c1OC1CCCC(S(C)(=O)=O)C1. The molecule has 0 spiro atoms. The lowest BCUT2D eigenvalue weighted by Gasteiger charge is -2.29. The molecule has 1 aromatic carbocycles. The molecule has 0 saturated heterocycles. The highest BCUT2D eigenvalue weighted by Gasteiger charge is 2.30. The largest absolute Gasteiger partial charge is 0.493 e. The molecule has 0 bridgehead atoms. The van der Waals surface area contributed by atoms with Crippen molar-refractivity contribution in [1.82, 2.24) is 0 Å². The second kappa shape index (κ2) is 6.88. The minimum Gasteiger partial charge on any atom is -0.493 e. The molecule has 21 heavy (non-hydrogen) atoms. The Morgan fingerprint density at radius 3 is 2.71 bits per heavy atom. The summed E-state index contributed by atoms with van der Waals surface area (Å²) in [6.45, 7) is 0. The van der Waals surface area contributed by atoms with Gasteiger partial charge in [-0.15, -0.1) is 11.6 Å². The predicted molar refractivity (Wildman–Crippen MR) is 84.1 cm³/mol. The Kier molecular flexibility index (Phi) is 5.38. The van der Waals surface area contributed by atoms with Crippen LogP contribution < -0.4 is 9.47 Å². The maximum atomic E-state index is 11.7. The summed E-state index contributed by atoms with van der Waals surface area (Å²) in [7, 11) is -1.44. The summed E-state index contributed by atoms with van der Waals surface area (Å²) in [4.78, 5) is 0. The van der Waals surface area contributed by atoms with Gasteiger partial charge in [-0.1, -0.05) is 12.1 Å². The molecule has 4 nitrogen and oxygen atoms in total. The molecule has 1 fully saturated rings. The monoisotopic (exact) mass is 332 g/mol. The van der Waals surface area contributed by atoms with Crippen molar-refractivity contribution < 1.29 is 17.9 Å². The van der Waals surface area contributed by atoms with E-state index >= 15 is 0 Å². The topological polar surface area (TPSA) is 52.6 Å². The van der Waals surface area contributed by atoms with E-state index in [1.54, 1.807) is 7.11 Å². The van der Waals surface area contributed by atoms with Crippen molar-refractivity contribution in [2.24, 2.45) is 0 Å². The third-order valence-corrected chi connectivity index (χ3v) is 5.82. The molecular formula is C15H21ClO4S. The zero-order chi connectivity index (χ0) is 15.5. The summed E-state index contributed by atoms with van der Waals surface area (Å²) < 4.78 is 34.8. The van der Waals surface area contributed by atoms with E-state index in [2.05, 4.69) is 0 Å². The first-order valence-electron chi connectivity index (χ1n) is 7.03. The lowest BCUT2D eigenvalue weighted by atomic mass is 9.97. The number of sulfone groups is 1. The first-order valence-corrected chi connectivity index (χ1v) is 9.52. The van der Waals surface area contributed by atoms with E-state index in [-0.39, 0.29) is 11.4 Å². The van der Waals surface area contributed by atoms with Crippen molar-refractivity contribution in [1.29, 1.82) is 0 Å². The van der Waals surface area contributed by atoms with E-state index in [0.717, 1.165) is 18.4 Å². The van der Waals surface area contributed by atoms with E-state index in [4.69, 9.17) is 21.1 Å². The summed E-state index contributed by atoms with van der Waals surface area (Å²) in [5, 5.41) is -0.314. The van der Waals surface area contributed by atoms with Gasteiger partial charge in [0.1, 0.15) is 15.9 Å². The third-order valence-electron chi connectivity index (χ3n) is 3.89. The van der Waals surface area contributed by atoms with Crippen LogP contribution in [0.25, 0.3) is 0 Å². The van der Waals surface area contributed by atoms with Crippen molar-refractivity contribution in [3.05, 3.63) is 23.8 Å². The molecule has 0 aromatic heterocycles. The fourth-order valence-electron chi connectivity index (χ4n) is 2.73. The third kappa shape index (κ3) is 4.04. The fourth-order valence-corrected chi connectivity index (χ4v) is 4.10. The molecule has 1 aliphatic carbocycles. The molecule has 0 aliphatic heterocycles. The maximum Gasteiger partial charge on any atom is 0.165 e. The van der Waals surface area contributed by atoms with Crippen LogP contribution in [0.5, 0.6) is 11.5 Å². The molecule has 1 aromatic rings. The summed E-state index contributed by atoms with van der Waals surface area (Å²) in [6.07, 6.45) is 4.13. The number of benzene rings is 1. The molecular weight excluding hydrogens is 312 g/mol. The number of hydrogen-bond acceptors (Lipinski definition) is 4. The van der Waals surface area contributed by atoms with Crippen molar-refractivity contribution in [3.63, 3.8) is 0 Å². The zero-order valence-electron chi connectivity index (χ0n) is 12.3. The van der Waals surface area contributed by atoms with Crippen molar-refractivity contribution in [2.45, 2.75) is 42.9 Å². The van der Waals surface area contributed by atoms with Crippen LogP contribution >= 0.6 is 11.6 Å². The van der Waals surface area contributed by atoms with Crippen LogP contribution in [0.4, 0.5) is 0 Å². The van der Waals surface area contributed by atoms with Crippen LogP contribution in [-0.2, 0) is 15.7 Å². The minimum absolute atomic E-state index is 0.114. The molecule has 118 valence electrons. The molecule has 6 heteroatoms. The molecule has 0 radical (unpaired) electrons. The Hall–Kier alpha value is -0.940. The van der Waals surface area contributed by atoms with Crippen LogP contribution in [0, 0.1) is 0 Å². The van der Waals surface area contributed by atoms with E-state index in [0.29, 0.717) is 30.2 Å². The van der Waals surface area contributed by atoms with Crippen LogP contribution in [0.2, 0.25) is 0 Å². The molecule has 2 atom stereocenters. The van der Waals surface area contributed by atoms with Crippen LogP contribution in [0.15, 0.2) is 18.2 Å². The Morgan fingerprint density at radius 2 is 2.10 bits per heavy atom. The highest BCUT2D eigenvalue weighted by molar-refractivity contribution is 7.91. The van der Waals surface area contributed by atoms with E-state index in [9.17, 15) is 8.42 Å². The lowest BCUT2D eigenvalue weighted by molar-refractivity contribution is 0.149. The molecule has 0 amide bonds. The predicted octanol–water partition coefficient (Wildman–Crippen LogP) is 3.17. The number of ether oxygens (including phenoxy) is 2. The van der Waals surface area contributed by atoms with Gasteiger partial charge in [0.15, 0.2) is 11.5 Å². The van der Waals surface area contributed by atoms with Gasteiger partial charge < -0.3 is 9.47 Å². The first-order chi connectivity index (χ1) is 9.95. The highest BCUT2D eigenvalue weighted by atomic mass is 35.5. The van der Waals surface area contributed by atoms with Gasteiger partial charge in [-0.3, -0.25) is 0 Å². The summed E-state index contributed by atoms with van der Waals surface area (Å²) >= 11 is 5.95. The van der Waals surface area contributed by atoms with Gasteiger partial charge in [0.2, 0.25) is 0 Å². The van der Waals surface area contributed by atoms with E-state index in [1.165, 1.54) is 6.26 Å². The van der Waals surface area contributed by atoms with Gasteiger partial charge in [-0.25, -0.2) is 8.42 Å². The van der Waals surface area contributed by atoms with E-state index in [1.807, 2.05) is 18.2 Å². The minimum atomic E-state index is -3.02. The first kappa shape index (κ1) is 16.4. The molecule has 2 rings (SSSR count). The Morgan fingerprint density at radius 1 is 1.33 bits per heavy atom. The zero-order valence-corrected chi connectivity index (χ0v) is 13.9. The van der Waals surface area contributed by atoms with Crippen LogP contribution in [0.1, 0.15) is 31.2 Å². The normalized spacial score (nSPS) is 22.8. The molecule has 0 heterocycles. The summed E-state index contributed by atoms with van der Waals surface area (Å²) in [5.74, 6) is 1.60. The van der Waals surface area contributed by atoms with E-state index < -0.39 is 9.84 Å². The summed E-state index contributed by atoms with van der Waals surface area (Å²) in [5.41, 5.74) is 0.859. The number of rotatable bonds is 5. The standard InChI is InChI=1S/C15H21ClO4S/c1-19-14-8-3-5-11(10-16)15(14)20-12-6-4-7-13(9-12)21(2,17)18/h3,5,8,12-13H,4,6-7,9-10H2,1-2H3. The van der Waals surface area contributed by atoms with Crippen molar-refractivity contribution >= 4 is 21.4 Å². The average molecular weight is 333 g/mol. The van der Waals surface area contributed by atoms with Crippen molar-refractivity contribution in [2.75, 3.05) is 13.4 Å². The number of halogens is 1. The average Bonchev–Trinajstić information content (AvgIpc) is 2.47. The fraction of sp³-hybridized carbons (Fsp3) is 0.600.